The van der Waals surface area contributed by atoms with Gasteiger partial charge in [-0.25, -0.2) is 4.98 Å². The molecule has 200 valence electrons. The van der Waals surface area contributed by atoms with E-state index in [1.54, 1.807) is 0 Å². The molecule has 0 atom stereocenters. The van der Waals surface area contributed by atoms with Crippen molar-refractivity contribution in [3.05, 3.63) is 59.1 Å². The van der Waals surface area contributed by atoms with Crippen LogP contribution < -0.4 is 15.1 Å². The number of aryl methyl sites for hydroxylation is 1. The van der Waals surface area contributed by atoms with Crippen LogP contribution in [0.25, 0.3) is 10.9 Å². The van der Waals surface area contributed by atoms with Gasteiger partial charge in [0, 0.05) is 87.0 Å². The Labute approximate surface area is 229 Å². The normalized spacial score (nSPS) is 16.7. The molecule has 2 aromatic carbocycles. The number of rotatable bonds is 6. The van der Waals surface area contributed by atoms with Gasteiger partial charge in [-0.3, -0.25) is 9.59 Å². The van der Waals surface area contributed by atoms with Gasteiger partial charge in [0.25, 0.3) is 0 Å². The fourth-order valence-corrected chi connectivity index (χ4v) is 5.33. The van der Waals surface area contributed by atoms with Crippen LogP contribution in [0.3, 0.4) is 0 Å². The summed E-state index contributed by atoms with van der Waals surface area (Å²) in [7, 11) is 2.15. The number of halogens is 1. The molecule has 1 aromatic heterocycles. The first-order chi connectivity index (χ1) is 18.4. The third kappa shape index (κ3) is 6.19. The molecule has 0 spiro atoms. The molecule has 2 saturated heterocycles. The zero-order valence-corrected chi connectivity index (χ0v) is 22.9. The van der Waals surface area contributed by atoms with Crippen LogP contribution in [0.15, 0.2) is 48.5 Å². The summed E-state index contributed by atoms with van der Waals surface area (Å²) in [5, 5.41) is 4.69. The van der Waals surface area contributed by atoms with Gasteiger partial charge in [0.2, 0.25) is 11.8 Å². The molecular formula is C29H35ClN6O2. The third-order valence-corrected chi connectivity index (χ3v) is 7.72. The summed E-state index contributed by atoms with van der Waals surface area (Å²) in [6, 6.07) is 15.7. The second-order valence-electron chi connectivity index (χ2n) is 10.2. The Bertz CT molecular complexity index is 1320. The minimum atomic E-state index is -0.157. The maximum absolute atomic E-state index is 12.7. The molecule has 0 bridgehead atoms. The van der Waals surface area contributed by atoms with Gasteiger partial charge in [-0.15, -0.1) is 0 Å². The summed E-state index contributed by atoms with van der Waals surface area (Å²) in [4.78, 5) is 39.0. The molecule has 0 saturated carbocycles. The number of carbonyl (C=O) groups excluding carboxylic acids is 2. The number of anilines is 3. The van der Waals surface area contributed by atoms with E-state index in [4.69, 9.17) is 16.6 Å². The van der Waals surface area contributed by atoms with Crippen LogP contribution in [-0.2, 0) is 9.59 Å². The fraction of sp³-hybridized carbons (Fsp3) is 0.414. The predicted molar refractivity (Wildman–Crippen MR) is 154 cm³/mol. The lowest BCUT2D eigenvalue weighted by atomic mass is 10.1. The van der Waals surface area contributed by atoms with Crippen molar-refractivity contribution in [1.29, 1.82) is 0 Å². The molecule has 8 nitrogen and oxygen atoms in total. The Kier molecular flexibility index (Phi) is 8.00. The highest BCUT2D eigenvalue weighted by Gasteiger charge is 2.22. The number of amides is 2. The molecule has 2 amide bonds. The van der Waals surface area contributed by atoms with Gasteiger partial charge < -0.3 is 24.9 Å². The molecule has 1 N–H and O–H groups in total. The van der Waals surface area contributed by atoms with Crippen LogP contribution >= 0.6 is 11.6 Å². The lowest BCUT2D eigenvalue weighted by molar-refractivity contribution is -0.133. The second kappa shape index (κ2) is 11.6. The number of nitrogens with zero attached hydrogens (tertiary/aromatic N) is 5. The van der Waals surface area contributed by atoms with E-state index in [1.807, 2.05) is 47.4 Å². The first kappa shape index (κ1) is 26.3. The van der Waals surface area contributed by atoms with Crippen molar-refractivity contribution in [2.24, 2.45) is 0 Å². The predicted octanol–water partition coefficient (Wildman–Crippen LogP) is 4.02. The van der Waals surface area contributed by atoms with E-state index in [1.165, 1.54) is 0 Å². The Morgan fingerprint density at radius 1 is 0.895 bits per heavy atom. The quantitative estimate of drug-likeness (QED) is 0.515. The Balaban J connectivity index is 1.12. The maximum Gasteiger partial charge on any atom is 0.224 e. The van der Waals surface area contributed by atoms with Crippen molar-refractivity contribution in [2.45, 2.75) is 19.8 Å². The van der Waals surface area contributed by atoms with Gasteiger partial charge in [-0.1, -0.05) is 17.7 Å². The van der Waals surface area contributed by atoms with Crippen LogP contribution in [0.5, 0.6) is 0 Å². The van der Waals surface area contributed by atoms with Crippen molar-refractivity contribution < 1.29 is 9.59 Å². The van der Waals surface area contributed by atoms with Gasteiger partial charge >= 0.3 is 0 Å². The van der Waals surface area contributed by atoms with Crippen LogP contribution in [0.4, 0.5) is 17.2 Å². The number of nitrogens with one attached hydrogen (secondary N) is 1. The monoisotopic (exact) mass is 534 g/mol. The summed E-state index contributed by atoms with van der Waals surface area (Å²) in [6.07, 6.45) is 0.358. The number of hydrogen-bond donors (Lipinski definition) is 1. The number of likely N-dealkylation sites (N-methyl/N-ethyl adjacent to an activating group) is 1. The SMILES string of the molecule is Cc1cc(N2CCN(C)CC2)nc2ccc(NC(=O)CCC(=O)N3CCN(c4cccc(Cl)c4)CC3)cc12. The van der Waals surface area contributed by atoms with Gasteiger partial charge in [0.15, 0.2) is 0 Å². The molecule has 0 radical (unpaired) electrons. The molecule has 2 aliphatic heterocycles. The van der Waals surface area contributed by atoms with E-state index in [9.17, 15) is 9.59 Å². The van der Waals surface area contributed by atoms with E-state index in [0.717, 1.165) is 72.9 Å². The van der Waals surface area contributed by atoms with Crippen LogP contribution in [0, 0.1) is 6.92 Å². The maximum atomic E-state index is 12.7. The van der Waals surface area contributed by atoms with Crippen LogP contribution in [0.1, 0.15) is 18.4 Å². The van der Waals surface area contributed by atoms with Crippen LogP contribution in [-0.4, -0.2) is 86.0 Å². The Hall–Kier alpha value is -3.36. The highest BCUT2D eigenvalue weighted by molar-refractivity contribution is 6.30. The van der Waals surface area contributed by atoms with Gasteiger partial charge in [0.05, 0.1) is 5.52 Å². The third-order valence-electron chi connectivity index (χ3n) is 7.48. The Morgan fingerprint density at radius 3 is 2.37 bits per heavy atom. The van der Waals surface area contributed by atoms with E-state index in [-0.39, 0.29) is 24.7 Å². The number of hydrogen-bond acceptors (Lipinski definition) is 6. The molecule has 0 unspecified atom stereocenters. The second-order valence-corrected chi connectivity index (χ2v) is 10.7. The molecule has 5 rings (SSSR count). The highest BCUT2D eigenvalue weighted by atomic mass is 35.5. The topological polar surface area (TPSA) is 72.0 Å². The highest BCUT2D eigenvalue weighted by Crippen LogP contribution is 2.26. The molecule has 3 aromatic rings. The average molecular weight is 535 g/mol. The van der Waals surface area contributed by atoms with Crippen molar-refractivity contribution in [3.63, 3.8) is 0 Å². The van der Waals surface area contributed by atoms with E-state index in [2.05, 4.69) is 40.1 Å². The van der Waals surface area contributed by atoms with E-state index < -0.39 is 0 Å². The first-order valence-corrected chi connectivity index (χ1v) is 13.7. The molecule has 2 aliphatic rings. The summed E-state index contributed by atoms with van der Waals surface area (Å²) in [6.45, 7) is 8.87. The number of benzene rings is 2. The summed E-state index contributed by atoms with van der Waals surface area (Å²) < 4.78 is 0. The van der Waals surface area contributed by atoms with Crippen LogP contribution in [0.2, 0.25) is 5.02 Å². The summed E-state index contributed by atoms with van der Waals surface area (Å²) in [5.74, 6) is 0.864. The number of fused-ring (bicyclic) bond motifs is 1. The molecule has 2 fully saturated rings. The lowest BCUT2D eigenvalue weighted by Crippen LogP contribution is -2.48. The minimum absolute atomic E-state index is 0.0147. The first-order valence-electron chi connectivity index (χ1n) is 13.3. The number of aromatic nitrogens is 1. The van der Waals surface area contributed by atoms with E-state index in [0.29, 0.717) is 18.1 Å². The fourth-order valence-electron chi connectivity index (χ4n) is 5.14. The molecule has 38 heavy (non-hydrogen) atoms. The zero-order valence-electron chi connectivity index (χ0n) is 22.1. The number of carbonyl (C=O) groups is 2. The zero-order chi connectivity index (χ0) is 26.6. The number of pyridine rings is 1. The molecule has 0 aliphatic carbocycles. The molecule has 3 heterocycles. The summed E-state index contributed by atoms with van der Waals surface area (Å²) in [5.41, 5.74) is 3.85. The van der Waals surface area contributed by atoms with Crippen molar-refractivity contribution in [1.82, 2.24) is 14.8 Å². The smallest absolute Gasteiger partial charge is 0.224 e. The average Bonchev–Trinajstić information content (AvgIpc) is 2.92. The van der Waals surface area contributed by atoms with Crippen molar-refractivity contribution >= 4 is 51.5 Å². The largest absolute Gasteiger partial charge is 0.368 e. The standard InChI is InChI=1S/C29H35ClN6O2/c1-21-18-27(35-12-10-33(2)11-13-35)32-26-7-6-23(20-25(21)26)31-28(37)8-9-29(38)36-16-14-34(15-17-36)24-5-3-4-22(30)19-24/h3-7,18-20H,8-17H2,1-2H3,(H,31,37). The van der Waals surface area contributed by atoms with Crippen molar-refractivity contribution in [2.75, 3.05) is 74.5 Å². The van der Waals surface area contributed by atoms with Gasteiger partial charge in [0.1, 0.15) is 5.82 Å². The molecule has 9 heteroatoms. The van der Waals surface area contributed by atoms with Crippen molar-refractivity contribution in [3.8, 4) is 0 Å². The number of piperazine rings is 2. The lowest BCUT2D eigenvalue weighted by Gasteiger charge is -2.36. The van der Waals surface area contributed by atoms with E-state index >= 15 is 0 Å². The molecular weight excluding hydrogens is 500 g/mol. The van der Waals surface area contributed by atoms with Gasteiger partial charge in [-0.05, 0) is 62.0 Å². The Morgan fingerprint density at radius 2 is 1.63 bits per heavy atom. The summed E-state index contributed by atoms with van der Waals surface area (Å²) >= 11 is 6.11. The minimum Gasteiger partial charge on any atom is -0.368 e. The van der Waals surface area contributed by atoms with Gasteiger partial charge in [-0.2, -0.15) is 0 Å².